The summed E-state index contributed by atoms with van der Waals surface area (Å²) in [5, 5.41) is 11.5. The van der Waals surface area contributed by atoms with Gasteiger partial charge >= 0.3 is 0 Å². The summed E-state index contributed by atoms with van der Waals surface area (Å²) in [7, 11) is 0. The molecule has 0 fully saturated rings. The zero-order chi connectivity index (χ0) is 17.6. The van der Waals surface area contributed by atoms with Crippen molar-refractivity contribution >= 4 is 39.1 Å². The third-order valence-corrected chi connectivity index (χ3v) is 4.54. The van der Waals surface area contributed by atoms with Gasteiger partial charge in [0.15, 0.2) is 10.9 Å². The lowest BCUT2D eigenvalue weighted by atomic mass is 10.1. The predicted octanol–water partition coefficient (Wildman–Crippen LogP) is 4.74. The topological polar surface area (TPSA) is 41.9 Å². The van der Waals surface area contributed by atoms with Crippen LogP contribution in [0.25, 0.3) is 0 Å². The van der Waals surface area contributed by atoms with Gasteiger partial charge in [0.1, 0.15) is 0 Å². The Balaban J connectivity index is 1.55. The van der Waals surface area contributed by atoms with E-state index in [1.165, 1.54) is 11.1 Å². The fourth-order valence-electron chi connectivity index (χ4n) is 2.47. The highest BCUT2D eigenvalue weighted by Gasteiger charge is 2.08. The highest BCUT2D eigenvalue weighted by atomic mass is 79.9. The molecule has 0 bridgehead atoms. The second kappa shape index (κ2) is 8.27. The van der Waals surface area contributed by atoms with E-state index in [1.807, 2.05) is 47.3 Å². The third-order valence-electron chi connectivity index (χ3n) is 3.79. The molecule has 0 radical (unpaired) electrons. The first kappa shape index (κ1) is 17.6. The Morgan fingerprint density at radius 2 is 1.84 bits per heavy atom. The molecule has 25 heavy (non-hydrogen) atoms. The Bertz CT molecular complexity index is 830. The van der Waals surface area contributed by atoms with Crippen molar-refractivity contribution in [2.24, 2.45) is 0 Å². The van der Waals surface area contributed by atoms with Gasteiger partial charge in [0.2, 0.25) is 0 Å². The Labute approximate surface area is 161 Å². The first-order valence-corrected chi connectivity index (χ1v) is 9.20. The molecule has 0 saturated heterocycles. The van der Waals surface area contributed by atoms with E-state index in [1.54, 1.807) is 0 Å². The van der Waals surface area contributed by atoms with Crippen LogP contribution in [0.5, 0.6) is 0 Å². The molecule has 6 heteroatoms. The average molecular weight is 415 g/mol. The molecule has 0 aliphatic carbocycles. The molecule has 0 amide bonds. The average Bonchev–Trinajstić information content (AvgIpc) is 3.04. The molecular weight excluding hydrogens is 396 g/mol. The maximum absolute atomic E-state index is 5.39. The number of hydrogen-bond donors (Lipinski definition) is 2. The van der Waals surface area contributed by atoms with Gasteiger partial charge < -0.3 is 10.6 Å². The lowest BCUT2D eigenvalue weighted by Crippen LogP contribution is -2.31. The van der Waals surface area contributed by atoms with Crippen LogP contribution in [-0.2, 0) is 6.54 Å². The van der Waals surface area contributed by atoms with Crippen LogP contribution in [0.3, 0.4) is 0 Å². The highest BCUT2D eigenvalue weighted by Crippen LogP contribution is 2.13. The molecule has 0 aliphatic heterocycles. The number of halogens is 1. The number of rotatable bonds is 5. The zero-order valence-corrected chi connectivity index (χ0v) is 16.2. The zero-order valence-electron chi connectivity index (χ0n) is 13.8. The molecule has 0 spiro atoms. The van der Waals surface area contributed by atoms with Gasteiger partial charge in [-0.1, -0.05) is 58.4 Å². The summed E-state index contributed by atoms with van der Waals surface area (Å²) in [4.78, 5) is 0. The minimum absolute atomic E-state index is 0.131. The molecule has 128 valence electrons. The Hall–Kier alpha value is -2.18. The van der Waals surface area contributed by atoms with Gasteiger partial charge in [-0.15, -0.1) is 0 Å². The SMILES string of the molecule is CC(NC(=S)Nc1ccn(Cc2ccc(Br)cc2)n1)c1ccccc1. The first-order chi connectivity index (χ1) is 12.1. The van der Waals surface area contributed by atoms with Gasteiger partial charge in [-0.2, -0.15) is 5.10 Å². The van der Waals surface area contributed by atoms with Crippen molar-refractivity contribution in [3.05, 3.63) is 82.5 Å². The van der Waals surface area contributed by atoms with Crippen molar-refractivity contribution in [1.82, 2.24) is 15.1 Å². The van der Waals surface area contributed by atoms with Gasteiger partial charge in [0.05, 0.1) is 12.6 Å². The lowest BCUT2D eigenvalue weighted by molar-refractivity contribution is 0.688. The molecule has 3 rings (SSSR count). The van der Waals surface area contributed by atoms with E-state index in [0.29, 0.717) is 5.11 Å². The predicted molar refractivity (Wildman–Crippen MR) is 110 cm³/mol. The van der Waals surface area contributed by atoms with Gasteiger partial charge in [0, 0.05) is 16.7 Å². The summed E-state index contributed by atoms with van der Waals surface area (Å²) in [6.45, 7) is 2.80. The summed E-state index contributed by atoms with van der Waals surface area (Å²) < 4.78 is 2.96. The number of hydrogen-bond acceptors (Lipinski definition) is 2. The minimum atomic E-state index is 0.131. The van der Waals surface area contributed by atoms with Gasteiger partial charge in [-0.3, -0.25) is 4.68 Å². The molecule has 1 aromatic heterocycles. The van der Waals surface area contributed by atoms with Crippen molar-refractivity contribution in [2.45, 2.75) is 19.5 Å². The minimum Gasteiger partial charge on any atom is -0.356 e. The number of nitrogens with one attached hydrogen (secondary N) is 2. The van der Waals surface area contributed by atoms with Crippen LogP contribution in [0.1, 0.15) is 24.1 Å². The fourth-order valence-corrected chi connectivity index (χ4v) is 3.01. The molecule has 2 N–H and O–H groups in total. The quantitative estimate of drug-likeness (QED) is 0.591. The van der Waals surface area contributed by atoms with E-state index in [-0.39, 0.29) is 6.04 Å². The van der Waals surface area contributed by atoms with Crippen LogP contribution in [0.2, 0.25) is 0 Å². The Kier molecular flexibility index (Phi) is 5.83. The first-order valence-electron chi connectivity index (χ1n) is 8.00. The van der Waals surface area contributed by atoms with Gasteiger partial charge in [-0.25, -0.2) is 0 Å². The molecule has 3 aromatic rings. The number of nitrogens with zero attached hydrogens (tertiary/aromatic N) is 2. The Morgan fingerprint density at radius 3 is 2.56 bits per heavy atom. The largest absolute Gasteiger partial charge is 0.356 e. The molecular formula is C19H19BrN4S. The molecule has 4 nitrogen and oxygen atoms in total. The van der Waals surface area contributed by atoms with Crippen LogP contribution in [0.4, 0.5) is 5.82 Å². The maximum Gasteiger partial charge on any atom is 0.172 e. The molecule has 0 aliphatic rings. The van der Waals surface area contributed by atoms with Crippen LogP contribution >= 0.6 is 28.1 Å². The molecule has 2 aromatic carbocycles. The van der Waals surface area contributed by atoms with Crippen molar-refractivity contribution in [3.8, 4) is 0 Å². The summed E-state index contributed by atoms with van der Waals surface area (Å²) >= 11 is 8.83. The summed E-state index contributed by atoms with van der Waals surface area (Å²) in [5.74, 6) is 0.731. The van der Waals surface area contributed by atoms with E-state index in [9.17, 15) is 0 Å². The smallest absolute Gasteiger partial charge is 0.172 e. The van der Waals surface area contributed by atoms with Crippen molar-refractivity contribution in [3.63, 3.8) is 0 Å². The maximum atomic E-state index is 5.39. The molecule has 1 atom stereocenters. The summed E-state index contributed by atoms with van der Waals surface area (Å²) in [5.41, 5.74) is 2.38. The van der Waals surface area contributed by atoms with Crippen molar-refractivity contribution < 1.29 is 0 Å². The number of anilines is 1. The van der Waals surface area contributed by atoms with E-state index < -0.39 is 0 Å². The van der Waals surface area contributed by atoms with E-state index in [2.05, 4.69) is 62.9 Å². The van der Waals surface area contributed by atoms with E-state index in [4.69, 9.17) is 12.2 Å². The van der Waals surface area contributed by atoms with E-state index in [0.717, 1.165) is 16.8 Å². The molecule has 1 heterocycles. The van der Waals surface area contributed by atoms with Gasteiger partial charge in [-0.05, 0) is 42.4 Å². The summed E-state index contributed by atoms with van der Waals surface area (Å²) in [6, 6.07) is 20.5. The fraction of sp³-hybridized carbons (Fsp3) is 0.158. The van der Waals surface area contributed by atoms with Crippen LogP contribution in [0.15, 0.2) is 71.3 Å². The number of thiocarbonyl (C=S) groups is 1. The van der Waals surface area contributed by atoms with Crippen molar-refractivity contribution in [2.75, 3.05) is 5.32 Å². The second-order valence-electron chi connectivity index (χ2n) is 5.76. The molecule has 1 unspecified atom stereocenters. The normalized spacial score (nSPS) is 11.8. The number of benzene rings is 2. The summed E-state index contributed by atoms with van der Waals surface area (Å²) in [6.07, 6.45) is 1.94. The second-order valence-corrected chi connectivity index (χ2v) is 7.08. The third kappa shape index (κ3) is 5.14. The standard InChI is InChI=1S/C19H19BrN4S/c1-14(16-5-3-2-4-6-16)21-19(25)22-18-11-12-24(23-18)13-15-7-9-17(20)10-8-15/h2-12,14H,13H2,1H3,(H2,21,22,23,25). The van der Waals surface area contributed by atoms with Crippen LogP contribution in [0, 0.1) is 0 Å². The monoisotopic (exact) mass is 414 g/mol. The van der Waals surface area contributed by atoms with Crippen LogP contribution in [-0.4, -0.2) is 14.9 Å². The van der Waals surface area contributed by atoms with E-state index >= 15 is 0 Å². The highest BCUT2D eigenvalue weighted by molar-refractivity contribution is 9.10. The number of aromatic nitrogens is 2. The Morgan fingerprint density at radius 1 is 1.12 bits per heavy atom. The molecule has 0 saturated carbocycles. The lowest BCUT2D eigenvalue weighted by Gasteiger charge is -2.16. The van der Waals surface area contributed by atoms with Gasteiger partial charge in [0.25, 0.3) is 0 Å². The van der Waals surface area contributed by atoms with Crippen molar-refractivity contribution in [1.29, 1.82) is 0 Å². The van der Waals surface area contributed by atoms with Crippen LogP contribution < -0.4 is 10.6 Å².